The molecule has 1 heterocycles. The van der Waals surface area contributed by atoms with Gasteiger partial charge in [0.1, 0.15) is 5.75 Å². The normalized spacial score (nSPS) is 17.0. The van der Waals surface area contributed by atoms with E-state index in [0.29, 0.717) is 0 Å². The molecule has 0 N–H and O–H groups in total. The molecular formula is C20H21NO2. The first-order valence-electron chi connectivity index (χ1n) is 8.35. The van der Waals surface area contributed by atoms with Crippen LogP contribution in [0.5, 0.6) is 5.75 Å². The molecule has 1 aliphatic carbocycles. The number of carbonyl (C=O) groups excluding carboxylic acids is 1. The number of methoxy groups -OCH3 is 1. The van der Waals surface area contributed by atoms with Crippen molar-refractivity contribution in [2.75, 3.05) is 20.2 Å². The van der Waals surface area contributed by atoms with Crippen LogP contribution in [0.3, 0.4) is 0 Å². The minimum Gasteiger partial charge on any atom is -0.496 e. The molecule has 4 rings (SSSR count). The summed E-state index contributed by atoms with van der Waals surface area (Å²) >= 11 is 0. The van der Waals surface area contributed by atoms with Crippen LogP contribution < -0.4 is 4.74 Å². The van der Waals surface area contributed by atoms with Gasteiger partial charge in [-0.2, -0.15) is 0 Å². The van der Waals surface area contributed by atoms with Crippen LogP contribution in [0.4, 0.5) is 0 Å². The number of hydrogen-bond donors (Lipinski definition) is 0. The van der Waals surface area contributed by atoms with Gasteiger partial charge in [0.25, 0.3) is 0 Å². The van der Waals surface area contributed by atoms with Crippen LogP contribution in [0.15, 0.2) is 36.4 Å². The third-order valence-corrected chi connectivity index (χ3v) is 4.97. The summed E-state index contributed by atoms with van der Waals surface area (Å²) in [5.41, 5.74) is 4.77. The zero-order valence-corrected chi connectivity index (χ0v) is 13.5. The van der Waals surface area contributed by atoms with Gasteiger partial charge in [-0.05, 0) is 49.2 Å². The number of nitrogens with zero attached hydrogens (tertiary/aromatic N) is 1. The number of hydrogen-bond acceptors (Lipinski definition) is 3. The van der Waals surface area contributed by atoms with Gasteiger partial charge in [0.15, 0.2) is 5.78 Å². The number of rotatable bonds is 3. The predicted molar refractivity (Wildman–Crippen MR) is 91.0 cm³/mol. The van der Waals surface area contributed by atoms with Crippen molar-refractivity contribution in [3.05, 3.63) is 53.1 Å². The lowest BCUT2D eigenvalue weighted by molar-refractivity contribution is 0.104. The van der Waals surface area contributed by atoms with Gasteiger partial charge in [-0.25, -0.2) is 0 Å². The zero-order valence-electron chi connectivity index (χ0n) is 13.5. The highest BCUT2D eigenvalue weighted by Gasteiger charge is 2.28. The van der Waals surface area contributed by atoms with Crippen LogP contribution in [0.2, 0.25) is 0 Å². The van der Waals surface area contributed by atoms with E-state index >= 15 is 0 Å². The van der Waals surface area contributed by atoms with E-state index in [1.807, 2.05) is 36.4 Å². The van der Waals surface area contributed by atoms with Gasteiger partial charge in [-0.1, -0.05) is 30.7 Å². The number of likely N-dealkylation sites (tertiary alicyclic amines) is 1. The molecule has 1 fully saturated rings. The molecule has 0 spiro atoms. The smallest absolute Gasteiger partial charge is 0.194 e. The molecule has 2 aromatic rings. The van der Waals surface area contributed by atoms with E-state index in [9.17, 15) is 4.79 Å². The van der Waals surface area contributed by atoms with Crippen molar-refractivity contribution in [1.82, 2.24) is 4.90 Å². The molecule has 2 aromatic carbocycles. The maximum atomic E-state index is 12.7. The van der Waals surface area contributed by atoms with Gasteiger partial charge in [0.2, 0.25) is 0 Å². The maximum absolute atomic E-state index is 12.7. The number of ether oxygens (including phenoxy) is 1. The van der Waals surface area contributed by atoms with Gasteiger partial charge >= 0.3 is 0 Å². The Bertz CT molecular complexity index is 760. The van der Waals surface area contributed by atoms with Crippen LogP contribution in [-0.4, -0.2) is 30.9 Å². The van der Waals surface area contributed by atoms with Gasteiger partial charge in [0, 0.05) is 23.2 Å². The molecular weight excluding hydrogens is 286 g/mol. The van der Waals surface area contributed by atoms with Crippen molar-refractivity contribution < 1.29 is 9.53 Å². The van der Waals surface area contributed by atoms with Crippen molar-refractivity contribution in [3.8, 4) is 16.9 Å². The number of fused-ring (bicyclic) bond motifs is 3. The zero-order chi connectivity index (χ0) is 15.8. The van der Waals surface area contributed by atoms with Crippen molar-refractivity contribution >= 4 is 5.78 Å². The van der Waals surface area contributed by atoms with Crippen molar-refractivity contribution in [3.63, 3.8) is 0 Å². The Morgan fingerprint density at radius 2 is 1.70 bits per heavy atom. The lowest BCUT2D eigenvalue weighted by Crippen LogP contribution is -2.29. The Labute approximate surface area is 136 Å². The summed E-state index contributed by atoms with van der Waals surface area (Å²) in [5.74, 6) is 1.02. The fourth-order valence-corrected chi connectivity index (χ4v) is 3.77. The molecule has 1 saturated heterocycles. The van der Waals surface area contributed by atoms with E-state index in [2.05, 4.69) is 4.90 Å². The van der Waals surface area contributed by atoms with Crippen molar-refractivity contribution in [2.24, 2.45) is 0 Å². The second-order valence-electron chi connectivity index (χ2n) is 6.42. The molecule has 3 nitrogen and oxygen atoms in total. The van der Waals surface area contributed by atoms with E-state index in [0.717, 1.165) is 53.2 Å². The molecule has 1 aliphatic heterocycles. The second kappa shape index (κ2) is 5.82. The molecule has 0 unspecified atom stereocenters. The Morgan fingerprint density at radius 1 is 0.957 bits per heavy atom. The molecule has 0 radical (unpaired) electrons. The molecule has 0 amide bonds. The van der Waals surface area contributed by atoms with E-state index in [1.54, 1.807) is 7.11 Å². The van der Waals surface area contributed by atoms with Gasteiger partial charge in [0.05, 0.1) is 7.11 Å². The monoisotopic (exact) mass is 307 g/mol. The molecule has 0 saturated carbocycles. The highest BCUT2D eigenvalue weighted by Crippen LogP contribution is 2.40. The number of piperidine rings is 1. The van der Waals surface area contributed by atoms with Crippen molar-refractivity contribution in [2.45, 2.75) is 25.8 Å². The molecule has 0 bridgehead atoms. The average molecular weight is 307 g/mol. The predicted octanol–water partition coefficient (Wildman–Crippen LogP) is 3.89. The summed E-state index contributed by atoms with van der Waals surface area (Å²) in [7, 11) is 1.71. The lowest BCUT2D eigenvalue weighted by atomic mass is 10.0. The molecule has 2 aliphatic rings. The highest BCUT2D eigenvalue weighted by atomic mass is 16.5. The highest BCUT2D eigenvalue weighted by molar-refractivity contribution is 6.21. The van der Waals surface area contributed by atoms with Crippen LogP contribution in [0.1, 0.15) is 40.7 Å². The standard InChI is InChI=1S/C20H21NO2/c1-23-19-12-17-15-7-3-4-8-16(15)20(22)18(17)11-14(19)13-21-9-5-2-6-10-21/h3-4,7-8,11-12H,2,5-6,9-10,13H2,1H3. The first-order valence-corrected chi connectivity index (χ1v) is 8.35. The Kier molecular flexibility index (Phi) is 3.66. The number of ketones is 1. The first-order chi connectivity index (χ1) is 11.3. The summed E-state index contributed by atoms with van der Waals surface area (Å²) in [6.07, 6.45) is 3.85. The largest absolute Gasteiger partial charge is 0.496 e. The third-order valence-electron chi connectivity index (χ3n) is 4.97. The molecule has 0 aromatic heterocycles. The van der Waals surface area contributed by atoms with E-state index < -0.39 is 0 Å². The van der Waals surface area contributed by atoms with Crippen LogP contribution in [-0.2, 0) is 6.54 Å². The van der Waals surface area contributed by atoms with E-state index in [-0.39, 0.29) is 5.78 Å². The second-order valence-corrected chi connectivity index (χ2v) is 6.42. The van der Waals surface area contributed by atoms with E-state index in [4.69, 9.17) is 4.74 Å². The SMILES string of the molecule is COc1cc2c(cc1CN1CCCCC1)C(=O)c1ccccc1-2. The average Bonchev–Trinajstić information content (AvgIpc) is 2.88. The van der Waals surface area contributed by atoms with Gasteiger partial charge < -0.3 is 4.74 Å². The Hall–Kier alpha value is -2.13. The maximum Gasteiger partial charge on any atom is 0.194 e. The summed E-state index contributed by atoms with van der Waals surface area (Å²) in [4.78, 5) is 15.1. The lowest BCUT2D eigenvalue weighted by Gasteiger charge is -2.27. The van der Waals surface area contributed by atoms with Crippen LogP contribution in [0, 0.1) is 0 Å². The summed E-state index contributed by atoms with van der Waals surface area (Å²) in [6.45, 7) is 3.13. The molecule has 118 valence electrons. The number of carbonyl (C=O) groups is 1. The van der Waals surface area contributed by atoms with Crippen LogP contribution in [0.25, 0.3) is 11.1 Å². The topological polar surface area (TPSA) is 29.5 Å². The van der Waals surface area contributed by atoms with Gasteiger partial charge in [-0.15, -0.1) is 0 Å². The number of benzene rings is 2. The minimum absolute atomic E-state index is 0.137. The van der Waals surface area contributed by atoms with E-state index in [1.165, 1.54) is 19.3 Å². The fourth-order valence-electron chi connectivity index (χ4n) is 3.77. The van der Waals surface area contributed by atoms with Gasteiger partial charge in [-0.3, -0.25) is 9.69 Å². The fraction of sp³-hybridized carbons (Fsp3) is 0.350. The first kappa shape index (κ1) is 14.5. The Balaban J connectivity index is 1.74. The minimum atomic E-state index is 0.137. The third kappa shape index (κ3) is 2.45. The van der Waals surface area contributed by atoms with Crippen LogP contribution >= 0.6 is 0 Å². The summed E-state index contributed by atoms with van der Waals surface area (Å²) < 4.78 is 5.62. The Morgan fingerprint density at radius 3 is 2.43 bits per heavy atom. The summed E-state index contributed by atoms with van der Waals surface area (Å²) in [5, 5.41) is 0. The molecule has 0 atom stereocenters. The van der Waals surface area contributed by atoms with Crippen molar-refractivity contribution in [1.29, 1.82) is 0 Å². The molecule has 3 heteroatoms. The summed E-state index contributed by atoms with van der Waals surface area (Å²) in [6, 6.07) is 11.9. The quantitative estimate of drug-likeness (QED) is 0.735. The molecule has 23 heavy (non-hydrogen) atoms.